The van der Waals surface area contributed by atoms with E-state index in [9.17, 15) is 9.59 Å². The van der Waals surface area contributed by atoms with Gasteiger partial charge in [-0.05, 0) is 35.9 Å². The highest BCUT2D eigenvalue weighted by Gasteiger charge is 2.25. The zero-order valence-electron chi connectivity index (χ0n) is 15.5. The molecule has 2 aromatic rings. The molecule has 1 aromatic carbocycles. The smallest absolute Gasteiger partial charge is 0.291 e. The number of carbonyl (C=O) groups excluding carboxylic acids is 2. The number of nitrogens with one attached hydrogen (secondary N) is 2. The Bertz CT molecular complexity index is 804. The summed E-state index contributed by atoms with van der Waals surface area (Å²) in [6, 6.07) is 10.5. The van der Waals surface area contributed by atoms with E-state index in [1.807, 2.05) is 24.3 Å². The second-order valence-electron chi connectivity index (χ2n) is 6.51. The van der Waals surface area contributed by atoms with Gasteiger partial charge >= 0.3 is 0 Å². The van der Waals surface area contributed by atoms with Gasteiger partial charge in [0.25, 0.3) is 11.8 Å². The van der Waals surface area contributed by atoms with Gasteiger partial charge in [-0.2, -0.15) is 0 Å². The number of methoxy groups -OCH3 is 1. The molecule has 142 valence electrons. The number of nitrogens with zero attached hydrogens (tertiary/aromatic N) is 1. The summed E-state index contributed by atoms with van der Waals surface area (Å²) in [5.41, 5.74) is 1.01. The first-order valence-electron chi connectivity index (χ1n) is 8.88. The van der Waals surface area contributed by atoms with Crippen molar-refractivity contribution in [1.82, 2.24) is 10.2 Å². The molecule has 0 saturated carbocycles. The Labute approximate surface area is 158 Å². The van der Waals surface area contributed by atoms with Crippen LogP contribution in [0.3, 0.4) is 0 Å². The van der Waals surface area contributed by atoms with E-state index >= 15 is 0 Å². The van der Waals surface area contributed by atoms with E-state index in [0.29, 0.717) is 13.1 Å². The normalized spacial score (nSPS) is 15.5. The van der Waals surface area contributed by atoms with Crippen molar-refractivity contribution in [3.63, 3.8) is 0 Å². The maximum atomic E-state index is 13.0. The fourth-order valence-corrected chi connectivity index (χ4v) is 2.87. The number of likely N-dealkylation sites (N-methyl/N-ethyl adjacent to an activating group) is 1. The van der Waals surface area contributed by atoms with Gasteiger partial charge in [0.1, 0.15) is 11.4 Å². The molecular formula is C20H24N3O4+. The average molecular weight is 370 g/mol. The number of quaternary nitrogens is 1. The van der Waals surface area contributed by atoms with Gasteiger partial charge in [-0.1, -0.05) is 12.1 Å². The van der Waals surface area contributed by atoms with Crippen molar-refractivity contribution in [1.29, 1.82) is 0 Å². The highest BCUT2D eigenvalue weighted by Crippen LogP contribution is 2.15. The molecule has 0 radical (unpaired) electrons. The van der Waals surface area contributed by atoms with Crippen LogP contribution in [0.15, 0.2) is 52.8 Å². The molecule has 0 atom stereocenters. The van der Waals surface area contributed by atoms with Crippen LogP contribution in [0.1, 0.15) is 16.1 Å². The topological polar surface area (TPSA) is 76.2 Å². The van der Waals surface area contributed by atoms with Gasteiger partial charge in [0.15, 0.2) is 5.76 Å². The number of hydrogen-bond donors (Lipinski definition) is 2. The number of rotatable bonds is 5. The molecule has 1 aliphatic heterocycles. The number of piperazine rings is 1. The molecule has 2 amide bonds. The third-order valence-corrected chi connectivity index (χ3v) is 4.55. The number of hydrogen-bond acceptors (Lipinski definition) is 4. The number of ether oxygens (including phenoxy) is 1. The van der Waals surface area contributed by atoms with Crippen LogP contribution in [0, 0.1) is 0 Å². The summed E-state index contributed by atoms with van der Waals surface area (Å²) in [7, 11) is 3.70. The number of carbonyl (C=O) groups is 2. The van der Waals surface area contributed by atoms with Crippen molar-refractivity contribution >= 4 is 17.9 Å². The first-order chi connectivity index (χ1) is 13.1. The van der Waals surface area contributed by atoms with Gasteiger partial charge < -0.3 is 24.3 Å². The third kappa shape index (κ3) is 4.77. The van der Waals surface area contributed by atoms with Crippen LogP contribution >= 0.6 is 0 Å². The van der Waals surface area contributed by atoms with E-state index in [2.05, 4.69) is 12.4 Å². The van der Waals surface area contributed by atoms with Crippen LogP contribution in [0.4, 0.5) is 0 Å². The molecule has 0 unspecified atom stereocenters. The van der Waals surface area contributed by atoms with Crippen LogP contribution in [0.5, 0.6) is 5.75 Å². The van der Waals surface area contributed by atoms with Crippen molar-refractivity contribution in [2.45, 2.75) is 0 Å². The number of amides is 2. The van der Waals surface area contributed by atoms with Gasteiger partial charge in [0.05, 0.1) is 46.6 Å². The maximum absolute atomic E-state index is 13.0. The Balaban J connectivity index is 1.84. The molecule has 1 aliphatic rings. The molecular weight excluding hydrogens is 346 g/mol. The molecule has 2 heterocycles. The Morgan fingerprint density at radius 3 is 2.48 bits per heavy atom. The van der Waals surface area contributed by atoms with E-state index in [4.69, 9.17) is 9.15 Å². The summed E-state index contributed by atoms with van der Waals surface area (Å²) < 4.78 is 10.3. The van der Waals surface area contributed by atoms with Gasteiger partial charge in [0.2, 0.25) is 0 Å². The summed E-state index contributed by atoms with van der Waals surface area (Å²) in [5, 5.41) is 2.70. The summed E-state index contributed by atoms with van der Waals surface area (Å²) in [6.45, 7) is 3.07. The standard InChI is InChI=1S/C20H23N3O4/c1-22-9-11-23(12-10-22)20(25)17(21-19(24)18-4-3-13-27-18)14-15-5-7-16(26-2)8-6-15/h3-8,13-14H,9-12H2,1-2H3,(H,21,24)/p+1/b17-14-. The van der Waals surface area contributed by atoms with Crippen LogP contribution < -0.4 is 15.0 Å². The second kappa shape index (κ2) is 8.55. The fraction of sp³-hybridized carbons (Fsp3) is 0.300. The van der Waals surface area contributed by atoms with Gasteiger partial charge in [-0.25, -0.2) is 0 Å². The highest BCUT2D eigenvalue weighted by atomic mass is 16.5. The number of benzene rings is 1. The summed E-state index contributed by atoms with van der Waals surface area (Å²) in [5.74, 6) is 0.235. The highest BCUT2D eigenvalue weighted by molar-refractivity contribution is 6.04. The number of furan rings is 1. The van der Waals surface area contributed by atoms with Crippen LogP contribution in [-0.4, -0.2) is 57.1 Å². The van der Waals surface area contributed by atoms with Crippen molar-refractivity contribution in [2.75, 3.05) is 40.3 Å². The van der Waals surface area contributed by atoms with E-state index < -0.39 is 5.91 Å². The molecule has 1 fully saturated rings. The predicted molar refractivity (Wildman–Crippen MR) is 100 cm³/mol. The first-order valence-corrected chi connectivity index (χ1v) is 8.88. The molecule has 7 heteroatoms. The molecule has 0 spiro atoms. The molecule has 1 aromatic heterocycles. The Hall–Kier alpha value is -3.06. The summed E-state index contributed by atoms with van der Waals surface area (Å²) >= 11 is 0. The van der Waals surface area contributed by atoms with Crippen molar-refractivity contribution in [3.05, 3.63) is 59.7 Å². The fourth-order valence-electron chi connectivity index (χ4n) is 2.87. The lowest BCUT2D eigenvalue weighted by Crippen LogP contribution is -3.12. The quantitative estimate of drug-likeness (QED) is 0.748. The SMILES string of the molecule is COc1ccc(/C=C(\NC(=O)c2ccco2)C(=O)N2CC[NH+](C)CC2)cc1. The zero-order chi connectivity index (χ0) is 19.2. The average Bonchev–Trinajstić information content (AvgIpc) is 3.23. The lowest BCUT2D eigenvalue weighted by Gasteiger charge is -2.30. The van der Waals surface area contributed by atoms with E-state index in [-0.39, 0.29) is 17.4 Å². The Morgan fingerprint density at radius 2 is 1.89 bits per heavy atom. The minimum atomic E-state index is -0.451. The molecule has 0 aliphatic carbocycles. The summed E-state index contributed by atoms with van der Waals surface area (Å²) in [6.07, 6.45) is 3.10. The van der Waals surface area contributed by atoms with E-state index in [1.165, 1.54) is 11.2 Å². The lowest BCUT2D eigenvalue weighted by atomic mass is 10.1. The summed E-state index contributed by atoms with van der Waals surface area (Å²) in [4.78, 5) is 28.6. The van der Waals surface area contributed by atoms with Gasteiger partial charge in [0, 0.05) is 0 Å². The van der Waals surface area contributed by atoms with Crippen molar-refractivity contribution in [3.8, 4) is 5.75 Å². The van der Waals surface area contributed by atoms with Crippen LogP contribution in [0.2, 0.25) is 0 Å². The molecule has 1 saturated heterocycles. The van der Waals surface area contributed by atoms with Gasteiger partial charge in [-0.15, -0.1) is 0 Å². The largest absolute Gasteiger partial charge is 0.497 e. The van der Waals surface area contributed by atoms with Crippen LogP contribution in [0.25, 0.3) is 6.08 Å². The molecule has 7 nitrogen and oxygen atoms in total. The third-order valence-electron chi connectivity index (χ3n) is 4.55. The van der Waals surface area contributed by atoms with Crippen molar-refractivity contribution in [2.24, 2.45) is 0 Å². The van der Waals surface area contributed by atoms with E-state index in [1.54, 1.807) is 30.2 Å². The molecule has 2 N–H and O–H groups in total. The first kappa shape index (κ1) is 18.7. The minimum Gasteiger partial charge on any atom is -0.497 e. The lowest BCUT2D eigenvalue weighted by molar-refractivity contribution is -0.883. The van der Waals surface area contributed by atoms with E-state index in [0.717, 1.165) is 24.4 Å². The zero-order valence-corrected chi connectivity index (χ0v) is 15.5. The maximum Gasteiger partial charge on any atom is 0.291 e. The Morgan fingerprint density at radius 1 is 1.19 bits per heavy atom. The second-order valence-corrected chi connectivity index (χ2v) is 6.51. The Kier molecular flexibility index (Phi) is 5.93. The molecule has 3 rings (SSSR count). The molecule has 0 bridgehead atoms. The van der Waals surface area contributed by atoms with Gasteiger partial charge in [-0.3, -0.25) is 9.59 Å². The molecule has 27 heavy (non-hydrogen) atoms. The predicted octanol–water partition coefficient (Wildman–Crippen LogP) is 0.416. The minimum absolute atomic E-state index is 0.159. The van der Waals surface area contributed by atoms with Crippen LogP contribution in [-0.2, 0) is 4.79 Å². The van der Waals surface area contributed by atoms with Crippen molar-refractivity contribution < 1.29 is 23.6 Å². The monoisotopic (exact) mass is 370 g/mol.